The Morgan fingerprint density at radius 1 is 0.419 bits per heavy atom. The number of carbonyl (C=O) groups is 2. The van der Waals surface area contributed by atoms with Gasteiger partial charge >= 0.3 is 5.97 Å². The van der Waals surface area contributed by atoms with Crippen LogP contribution >= 0.6 is 0 Å². The summed E-state index contributed by atoms with van der Waals surface area (Å²) in [5.41, 5.74) is 0. The van der Waals surface area contributed by atoms with Crippen LogP contribution in [0.4, 0.5) is 0 Å². The van der Waals surface area contributed by atoms with E-state index in [-0.39, 0.29) is 18.5 Å². The summed E-state index contributed by atoms with van der Waals surface area (Å²) in [6.07, 6.45) is 72.1. The molecule has 0 radical (unpaired) electrons. The van der Waals surface area contributed by atoms with Gasteiger partial charge in [0.15, 0.2) is 6.29 Å². The minimum atomic E-state index is -1.57. The predicted octanol–water partition coefficient (Wildman–Crippen LogP) is 19.6. The first kappa shape index (κ1) is 82.2. The molecule has 1 saturated heterocycles. The summed E-state index contributed by atoms with van der Waals surface area (Å²) in [4.78, 5) is 25.1. The van der Waals surface area contributed by atoms with E-state index in [2.05, 4.69) is 31.3 Å². The first-order valence-corrected chi connectivity index (χ1v) is 37.6. The lowest BCUT2D eigenvalue weighted by atomic mass is 9.99. The highest BCUT2D eigenvalue weighted by molar-refractivity contribution is 5.76. The topological polar surface area (TPSA) is 175 Å². The maximum atomic E-state index is 13.0. The Hall–Kier alpha value is -1.86. The van der Waals surface area contributed by atoms with Gasteiger partial charge in [0.25, 0.3) is 0 Å². The zero-order chi connectivity index (χ0) is 62.3. The molecule has 1 aliphatic heterocycles. The molecule has 1 aliphatic rings. The molecule has 0 bridgehead atoms. The largest absolute Gasteiger partial charge is 0.466 e. The molecule has 6 N–H and O–H groups in total. The molecule has 0 aromatic carbocycles. The monoisotopic (exact) mass is 1220 g/mol. The van der Waals surface area contributed by atoms with Crippen LogP contribution in [0.1, 0.15) is 380 Å². The Kier molecular flexibility index (Phi) is 61.8. The molecule has 0 saturated carbocycles. The smallest absolute Gasteiger partial charge is 0.305 e. The van der Waals surface area contributed by atoms with Gasteiger partial charge in [0.05, 0.1) is 32.0 Å². The van der Waals surface area contributed by atoms with E-state index in [0.717, 1.165) is 57.8 Å². The lowest BCUT2D eigenvalue weighted by Crippen LogP contribution is -2.60. The van der Waals surface area contributed by atoms with Crippen molar-refractivity contribution < 1.29 is 49.3 Å². The molecule has 0 aromatic rings. The SMILES string of the molecule is CCCC/C=C\CCCCCCCC(=O)OCCCCCCCCCCCCCCCCCCCCCCCCCCCCCCCCCCCCCCCC(=O)NC(COC1OC(CO)C(O)C(O)C1O)C(O)/C=C/CCCCCCCCCC. The summed E-state index contributed by atoms with van der Waals surface area (Å²) in [6.45, 7) is 4.33. The summed E-state index contributed by atoms with van der Waals surface area (Å²) in [5.74, 6) is -0.169. The molecule has 86 heavy (non-hydrogen) atoms. The van der Waals surface area contributed by atoms with Gasteiger partial charge in [0.2, 0.25) is 5.91 Å². The van der Waals surface area contributed by atoms with Gasteiger partial charge in [-0.15, -0.1) is 0 Å². The van der Waals surface area contributed by atoms with E-state index in [0.29, 0.717) is 19.4 Å². The molecule has 7 atom stereocenters. The number of hydrogen-bond donors (Lipinski definition) is 6. The average molecular weight is 1220 g/mol. The van der Waals surface area contributed by atoms with Crippen LogP contribution < -0.4 is 5.32 Å². The summed E-state index contributed by atoms with van der Waals surface area (Å²) in [5, 5.41) is 54.4. The van der Waals surface area contributed by atoms with Gasteiger partial charge in [0.1, 0.15) is 24.4 Å². The Morgan fingerprint density at radius 3 is 1.15 bits per heavy atom. The van der Waals surface area contributed by atoms with Crippen molar-refractivity contribution in [3.8, 4) is 0 Å². The molecule has 1 heterocycles. The van der Waals surface area contributed by atoms with E-state index in [4.69, 9.17) is 14.2 Å². The number of hydrogen-bond acceptors (Lipinski definition) is 10. The summed E-state index contributed by atoms with van der Waals surface area (Å²) >= 11 is 0. The molecule has 1 fully saturated rings. The fraction of sp³-hybridized carbons (Fsp3) is 0.920. The molecular weight excluding hydrogens is 1070 g/mol. The molecule has 7 unspecified atom stereocenters. The molecule has 1 amide bonds. The maximum absolute atomic E-state index is 13.0. The predicted molar refractivity (Wildman–Crippen MR) is 361 cm³/mol. The van der Waals surface area contributed by atoms with E-state index in [1.165, 1.54) is 295 Å². The quantitative estimate of drug-likeness (QED) is 0.0195. The highest BCUT2D eigenvalue weighted by Gasteiger charge is 2.44. The Labute approximate surface area is 531 Å². The molecule has 0 aromatic heterocycles. The highest BCUT2D eigenvalue weighted by atomic mass is 16.7. The number of aliphatic hydroxyl groups excluding tert-OH is 5. The standard InChI is InChI=1S/C75H143NO10/c1-3-5-7-9-11-13-42-47-51-55-59-63-71(80)84-64-60-56-52-48-44-41-39-37-35-33-31-29-27-25-23-21-19-17-15-16-18-20-22-24-26-28-30-32-34-36-38-40-43-46-50-54-58-62-70(79)76-67(66-85-75-74(83)73(82)72(81)69(65-77)86-75)68(78)61-57-53-49-45-14-12-10-8-6-4-2/h9,11,57,61,67-69,72-75,77-78,81-83H,3-8,10,12-56,58-60,62-66H2,1-2H3,(H,76,79)/b11-9-,61-57+. The van der Waals surface area contributed by atoms with Crippen LogP contribution in [0.15, 0.2) is 24.3 Å². The number of rotatable bonds is 67. The van der Waals surface area contributed by atoms with Crippen LogP contribution in [0, 0.1) is 0 Å². The summed E-state index contributed by atoms with van der Waals surface area (Å²) < 4.78 is 16.7. The molecule has 11 heteroatoms. The van der Waals surface area contributed by atoms with E-state index in [1.807, 2.05) is 6.08 Å². The number of aliphatic hydroxyl groups is 5. The van der Waals surface area contributed by atoms with Gasteiger partial charge in [-0.1, -0.05) is 340 Å². The normalized spacial score (nSPS) is 18.0. The third-order valence-electron chi connectivity index (χ3n) is 18.1. The van der Waals surface area contributed by atoms with Gasteiger partial charge in [-0.2, -0.15) is 0 Å². The van der Waals surface area contributed by atoms with Crippen molar-refractivity contribution in [2.45, 2.75) is 423 Å². The van der Waals surface area contributed by atoms with Gasteiger partial charge in [-0.05, 0) is 51.4 Å². The van der Waals surface area contributed by atoms with Crippen molar-refractivity contribution in [3.05, 3.63) is 24.3 Å². The maximum Gasteiger partial charge on any atom is 0.305 e. The minimum Gasteiger partial charge on any atom is -0.466 e. The number of nitrogens with one attached hydrogen (secondary N) is 1. The number of unbranched alkanes of at least 4 members (excludes halogenated alkanes) is 51. The number of esters is 1. The van der Waals surface area contributed by atoms with Crippen LogP contribution in [0.25, 0.3) is 0 Å². The van der Waals surface area contributed by atoms with Crippen LogP contribution in [0.5, 0.6) is 0 Å². The van der Waals surface area contributed by atoms with Gasteiger partial charge in [0, 0.05) is 12.8 Å². The first-order chi connectivity index (χ1) is 42.2. The van der Waals surface area contributed by atoms with E-state index in [1.54, 1.807) is 6.08 Å². The number of amides is 1. The second kappa shape index (κ2) is 64.7. The van der Waals surface area contributed by atoms with E-state index in [9.17, 15) is 35.1 Å². The fourth-order valence-corrected chi connectivity index (χ4v) is 12.1. The van der Waals surface area contributed by atoms with Gasteiger partial charge in [-0.25, -0.2) is 0 Å². The van der Waals surface area contributed by atoms with Crippen molar-refractivity contribution in [1.29, 1.82) is 0 Å². The second-order valence-electron chi connectivity index (χ2n) is 26.4. The first-order valence-electron chi connectivity index (χ1n) is 37.6. The summed E-state index contributed by atoms with van der Waals surface area (Å²) in [7, 11) is 0. The Balaban J connectivity index is 1.87. The zero-order valence-electron chi connectivity index (χ0n) is 56.6. The van der Waals surface area contributed by atoms with Crippen molar-refractivity contribution >= 4 is 11.9 Å². The van der Waals surface area contributed by atoms with Crippen LogP contribution in [0.2, 0.25) is 0 Å². The van der Waals surface area contributed by atoms with E-state index >= 15 is 0 Å². The Bertz CT molecular complexity index is 1480. The minimum absolute atomic E-state index is 0.00651. The van der Waals surface area contributed by atoms with Gasteiger partial charge < -0.3 is 45.1 Å². The molecule has 0 aliphatic carbocycles. The number of allylic oxidation sites excluding steroid dienone is 3. The number of carbonyl (C=O) groups excluding carboxylic acids is 2. The molecule has 0 spiro atoms. The van der Waals surface area contributed by atoms with Crippen molar-refractivity contribution in [2.75, 3.05) is 19.8 Å². The fourth-order valence-electron chi connectivity index (χ4n) is 12.1. The molecule has 11 nitrogen and oxygen atoms in total. The zero-order valence-corrected chi connectivity index (χ0v) is 56.6. The van der Waals surface area contributed by atoms with Crippen molar-refractivity contribution in [3.63, 3.8) is 0 Å². The third kappa shape index (κ3) is 52.9. The van der Waals surface area contributed by atoms with Crippen molar-refractivity contribution in [1.82, 2.24) is 5.32 Å². The third-order valence-corrected chi connectivity index (χ3v) is 18.1. The van der Waals surface area contributed by atoms with Gasteiger partial charge in [-0.3, -0.25) is 9.59 Å². The summed E-state index contributed by atoms with van der Waals surface area (Å²) in [6, 6.07) is -0.804. The molecule has 1 rings (SSSR count). The van der Waals surface area contributed by atoms with E-state index < -0.39 is 49.5 Å². The number of ether oxygens (including phenoxy) is 3. The highest BCUT2D eigenvalue weighted by Crippen LogP contribution is 2.24. The Morgan fingerprint density at radius 2 is 0.756 bits per heavy atom. The average Bonchev–Trinajstić information content (AvgIpc) is 3.55. The van der Waals surface area contributed by atoms with Crippen LogP contribution in [-0.2, 0) is 23.8 Å². The second-order valence-corrected chi connectivity index (χ2v) is 26.4. The van der Waals surface area contributed by atoms with Crippen molar-refractivity contribution in [2.24, 2.45) is 0 Å². The lowest BCUT2D eigenvalue weighted by molar-refractivity contribution is -0.302. The molecular formula is C75H143NO10. The lowest BCUT2D eigenvalue weighted by Gasteiger charge is -2.40. The van der Waals surface area contributed by atoms with Crippen LogP contribution in [0.3, 0.4) is 0 Å². The van der Waals surface area contributed by atoms with Crippen LogP contribution in [-0.4, -0.2) is 100 Å². The molecule has 508 valence electrons.